The van der Waals surface area contributed by atoms with Gasteiger partial charge in [-0.15, -0.1) is 0 Å². The highest BCUT2D eigenvalue weighted by Gasteiger charge is 2.26. The summed E-state index contributed by atoms with van der Waals surface area (Å²) in [4.78, 5) is 8.31. The van der Waals surface area contributed by atoms with Crippen molar-refractivity contribution in [2.45, 2.75) is 30.6 Å². The first kappa shape index (κ1) is 10.5. The minimum absolute atomic E-state index is 0.488. The molecule has 0 spiro atoms. The lowest BCUT2D eigenvalue weighted by Crippen LogP contribution is -2.26. The maximum Gasteiger partial charge on any atom is 0.224 e. The minimum atomic E-state index is 0.488. The van der Waals surface area contributed by atoms with Gasteiger partial charge < -0.3 is 11.1 Å². The van der Waals surface area contributed by atoms with Gasteiger partial charge in [-0.25, -0.2) is 4.98 Å². The Morgan fingerprint density at radius 2 is 2.40 bits per heavy atom. The van der Waals surface area contributed by atoms with Gasteiger partial charge >= 0.3 is 0 Å². The van der Waals surface area contributed by atoms with E-state index in [0.717, 1.165) is 0 Å². The number of rotatable bonds is 3. The van der Waals surface area contributed by atoms with Crippen LogP contribution in [-0.4, -0.2) is 27.5 Å². The van der Waals surface area contributed by atoms with E-state index in [1.165, 1.54) is 19.3 Å². The largest absolute Gasteiger partial charge is 0.384 e. The van der Waals surface area contributed by atoms with Crippen LogP contribution in [0.25, 0.3) is 0 Å². The zero-order valence-electron chi connectivity index (χ0n) is 8.81. The molecule has 0 aliphatic heterocycles. The van der Waals surface area contributed by atoms with Crippen molar-refractivity contribution in [3.63, 3.8) is 0 Å². The molecule has 1 saturated carbocycles. The molecule has 4 nitrogen and oxygen atoms in total. The summed E-state index contributed by atoms with van der Waals surface area (Å²) in [5, 5.41) is 4.04. The summed E-state index contributed by atoms with van der Waals surface area (Å²) < 4.78 is 0. The molecule has 2 atom stereocenters. The van der Waals surface area contributed by atoms with Crippen molar-refractivity contribution in [2.24, 2.45) is 0 Å². The molecule has 82 valence electrons. The Hall–Kier alpha value is -0.970. The lowest BCUT2D eigenvalue weighted by Gasteiger charge is -2.18. The number of hydrogen-bond acceptors (Lipinski definition) is 5. The van der Waals surface area contributed by atoms with Gasteiger partial charge in [0, 0.05) is 17.5 Å². The zero-order chi connectivity index (χ0) is 10.7. The minimum Gasteiger partial charge on any atom is -0.384 e. The van der Waals surface area contributed by atoms with E-state index in [1.807, 2.05) is 11.8 Å². The van der Waals surface area contributed by atoms with Crippen LogP contribution in [0.2, 0.25) is 0 Å². The standard InChI is InChI=1S/C10H16N4S/c1-15-8-4-2-3-7(8)13-10-12-6-5-9(11)14-10/h5-8H,2-4H2,1H3,(H3,11,12,13,14). The molecule has 1 fully saturated rings. The summed E-state index contributed by atoms with van der Waals surface area (Å²) in [5.74, 6) is 1.17. The third-order valence-electron chi connectivity index (χ3n) is 2.75. The summed E-state index contributed by atoms with van der Waals surface area (Å²) in [7, 11) is 0. The lowest BCUT2D eigenvalue weighted by atomic mass is 10.2. The van der Waals surface area contributed by atoms with Crippen LogP contribution in [0.5, 0.6) is 0 Å². The van der Waals surface area contributed by atoms with Crippen molar-refractivity contribution in [1.82, 2.24) is 9.97 Å². The van der Waals surface area contributed by atoms with Gasteiger partial charge in [-0.2, -0.15) is 16.7 Å². The molecule has 0 saturated heterocycles. The second-order valence-electron chi connectivity index (χ2n) is 3.76. The molecule has 1 aliphatic carbocycles. The van der Waals surface area contributed by atoms with Crippen LogP contribution in [0.4, 0.5) is 11.8 Å². The normalized spacial score (nSPS) is 25.4. The van der Waals surface area contributed by atoms with E-state index in [-0.39, 0.29) is 0 Å². The Balaban J connectivity index is 2.02. The number of nitrogens with one attached hydrogen (secondary N) is 1. The molecule has 2 unspecified atom stereocenters. The molecule has 1 aromatic rings. The van der Waals surface area contributed by atoms with Crippen LogP contribution in [0.1, 0.15) is 19.3 Å². The van der Waals surface area contributed by atoms with Crippen molar-refractivity contribution in [1.29, 1.82) is 0 Å². The SMILES string of the molecule is CSC1CCCC1Nc1nccc(N)n1. The summed E-state index contributed by atoms with van der Waals surface area (Å²) in [6, 6.07) is 2.19. The Labute approximate surface area is 94.1 Å². The quantitative estimate of drug-likeness (QED) is 0.819. The van der Waals surface area contributed by atoms with Crippen molar-refractivity contribution in [3.8, 4) is 0 Å². The molecule has 0 amide bonds. The molecule has 15 heavy (non-hydrogen) atoms. The highest BCUT2D eigenvalue weighted by atomic mass is 32.2. The number of hydrogen-bond donors (Lipinski definition) is 2. The number of nitrogens with two attached hydrogens (primary N) is 1. The van der Waals surface area contributed by atoms with Gasteiger partial charge in [0.1, 0.15) is 5.82 Å². The number of aromatic nitrogens is 2. The van der Waals surface area contributed by atoms with E-state index in [4.69, 9.17) is 5.73 Å². The van der Waals surface area contributed by atoms with Crippen molar-refractivity contribution in [2.75, 3.05) is 17.3 Å². The molecule has 1 heterocycles. The third-order valence-corrected chi connectivity index (χ3v) is 3.92. The summed E-state index contributed by atoms with van der Waals surface area (Å²) >= 11 is 1.91. The fourth-order valence-electron chi connectivity index (χ4n) is 1.98. The van der Waals surface area contributed by atoms with E-state index in [9.17, 15) is 0 Å². The Morgan fingerprint density at radius 3 is 3.13 bits per heavy atom. The Morgan fingerprint density at radius 1 is 1.53 bits per heavy atom. The maximum atomic E-state index is 5.60. The third kappa shape index (κ3) is 2.53. The fourth-order valence-corrected chi connectivity index (χ4v) is 2.92. The molecule has 0 aromatic carbocycles. The van der Waals surface area contributed by atoms with Gasteiger partial charge in [0.25, 0.3) is 0 Å². The number of nitrogen functional groups attached to an aromatic ring is 1. The molecule has 1 aliphatic rings. The average Bonchev–Trinajstić information content (AvgIpc) is 2.65. The topological polar surface area (TPSA) is 63.8 Å². The van der Waals surface area contributed by atoms with Crippen LogP contribution in [0, 0.1) is 0 Å². The first-order chi connectivity index (χ1) is 7.29. The number of anilines is 2. The van der Waals surface area contributed by atoms with Gasteiger partial charge in [-0.3, -0.25) is 0 Å². The Kier molecular flexibility index (Phi) is 3.30. The number of thioether (sulfide) groups is 1. The van der Waals surface area contributed by atoms with Gasteiger partial charge in [0.15, 0.2) is 0 Å². The van der Waals surface area contributed by atoms with E-state index in [2.05, 4.69) is 21.5 Å². The van der Waals surface area contributed by atoms with Gasteiger partial charge in [0.2, 0.25) is 5.95 Å². The fraction of sp³-hybridized carbons (Fsp3) is 0.600. The molecule has 5 heteroatoms. The molecule has 0 bridgehead atoms. The monoisotopic (exact) mass is 224 g/mol. The van der Waals surface area contributed by atoms with E-state index in [0.29, 0.717) is 23.1 Å². The predicted octanol–water partition coefficient (Wildman–Crippen LogP) is 1.75. The molecule has 3 N–H and O–H groups in total. The first-order valence-corrected chi connectivity index (χ1v) is 6.46. The van der Waals surface area contributed by atoms with Crippen molar-refractivity contribution >= 4 is 23.5 Å². The van der Waals surface area contributed by atoms with E-state index in [1.54, 1.807) is 12.3 Å². The summed E-state index contributed by atoms with van der Waals surface area (Å²) in [5.41, 5.74) is 5.60. The number of nitrogens with zero attached hydrogens (tertiary/aromatic N) is 2. The molecule has 2 rings (SSSR count). The van der Waals surface area contributed by atoms with Crippen LogP contribution >= 0.6 is 11.8 Å². The molecule has 0 radical (unpaired) electrons. The second kappa shape index (κ2) is 4.70. The summed E-state index contributed by atoms with van der Waals surface area (Å²) in [6.45, 7) is 0. The predicted molar refractivity (Wildman–Crippen MR) is 65.0 cm³/mol. The van der Waals surface area contributed by atoms with Gasteiger partial charge in [-0.1, -0.05) is 6.42 Å². The smallest absolute Gasteiger partial charge is 0.224 e. The highest BCUT2D eigenvalue weighted by Crippen LogP contribution is 2.30. The van der Waals surface area contributed by atoms with Crippen molar-refractivity contribution in [3.05, 3.63) is 12.3 Å². The molecular formula is C10H16N4S. The van der Waals surface area contributed by atoms with E-state index >= 15 is 0 Å². The first-order valence-electron chi connectivity index (χ1n) is 5.17. The van der Waals surface area contributed by atoms with Crippen molar-refractivity contribution < 1.29 is 0 Å². The van der Waals surface area contributed by atoms with E-state index < -0.39 is 0 Å². The highest BCUT2D eigenvalue weighted by molar-refractivity contribution is 7.99. The van der Waals surface area contributed by atoms with Gasteiger partial charge in [-0.05, 0) is 25.2 Å². The van der Waals surface area contributed by atoms with Gasteiger partial charge in [0.05, 0.1) is 0 Å². The molecular weight excluding hydrogens is 208 g/mol. The zero-order valence-corrected chi connectivity index (χ0v) is 9.63. The molecule has 1 aromatic heterocycles. The lowest BCUT2D eigenvalue weighted by molar-refractivity contribution is 0.757. The maximum absolute atomic E-state index is 5.60. The summed E-state index contributed by atoms with van der Waals surface area (Å²) in [6.07, 6.45) is 7.61. The van der Waals surface area contributed by atoms with Crippen LogP contribution in [0.15, 0.2) is 12.3 Å². The van der Waals surface area contributed by atoms with Crippen LogP contribution in [-0.2, 0) is 0 Å². The Bertz CT molecular complexity index is 331. The second-order valence-corrected chi connectivity index (χ2v) is 4.84. The average molecular weight is 224 g/mol. The van der Waals surface area contributed by atoms with Crippen LogP contribution in [0.3, 0.4) is 0 Å². The van der Waals surface area contributed by atoms with Crippen LogP contribution < -0.4 is 11.1 Å².